The molecule has 0 heterocycles. The van der Waals surface area contributed by atoms with Crippen LogP contribution in [0.3, 0.4) is 0 Å². The highest BCUT2D eigenvalue weighted by Crippen LogP contribution is 2.31. The molecule has 0 aliphatic carbocycles. The molecule has 0 amide bonds. The van der Waals surface area contributed by atoms with Gasteiger partial charge in [-0.3, -0.25) is 0 Å². The fourth-order valence-electron chi connectivity index (χ4n) is 1.83. The highest BCUT2D eigenvalue weighted by atomic mass is 19.1. The third-order valence-corrected chi connectivity index (χ3v) is 2.76. The van der Waals surface area contributed by atoms with Gasteiger partial charge in [-0.15, -0.1) is 0 Å². The minimum Gasteiger partial charge on any atom is -0.457 e. The minimum atomic E-state index is -0.691. The van der Waals surface area contributed by atoms with Crippen molar-refractivity contribution in [2.75, 3.05) is 0 Å². The number of hydrogen-bond acceptors (Lipinski definition) is 3. The van der Waals surface area contributed by atoms with Gasteiger partial charge in [0.25, 0.3) is 0 Å². The highest BCUT2D eigenvalue weighted by Gasteiger charge is 2.14. The summed E-state index contributed by atoms with van der Waals surface area (Å²) < 4.78 is 32.7. The van der Waals surface area contributed by atoms with Gasteiger partial charge in [-0.05, 0) is 31.2 Å². The van der Waals surface area contributed by atoms with Crippen molar-refractivity contribution in [1.29, 1.82) is 5.26 Å². The van der Waals surface area contributed by atoms with Crippen molar-refractivity contribution in [3.8, 4) is 17.6 Å². The van der Waals surface area contributed by atoms with Crippen LogP contribution in [0.2, 0.25) is 0 Å². The predicted molar refractivity (Wildman–Crippen MR) is 70.2 cm³/mol. The maximum absolute atomic E-state index is 13.7. The lowest BCUT2D eigenvalue weighted by molar-refractivity contribution is 0.456. The Morgan fingerprint density at radius 3 is 2.55 bits per heavy atom. The summed E-state index contributed by atoms with van der Waals surface area (Å²) in [6, 6.07) is 9.29. The molecule has 2 rings (SSSR count). The average molecular weight is 274 g/mol. The predicted octanol–water partition coefficient (Wildman–Crippen LogP) is 3.65. The Balaban J connectivity index is 2.38. The molecule has 2 aromatic rings. The fraction of sp³-hybridized carbons (Fsp3) is 0.133. The summed E-state index contributed by atoms with van der Waals surface area (Å²) in [6.07, 6.45) is 0. The number of halogens is 2. The maximum atomic E-state index is 13.7. The van der Waals surface area contributed by atoms with Gasteiger partial charge in [0.15, 0.2) is 0 Å². The van der Waals surface area contributed by atoms with E-state index in [1.165, 1.54) is 24.3 Å². The summed E-state index contributed by atoms with van der Waals surface area (Å²) in [5.41, 5.74) is 5.85. The third-order valence-electron chi connectivity index (χ3n) is 2.76. The second kappa shape index (κ2) is 5.68. The number of nitrogens with zero attached hydrogens (tertiary/aromatic N) is 1. The van der Waals surface area contributed by atoms with Gasteiger partial charge in [0.2, 0.25) is 0 Å². The summed E-state index contributed by atoms with van der Waals surface area (Å²) in [4.78, 5) is 0. The molecule has 0 aliphatic rings. The van der Waals surface area contributed by atoms with E-state index in [0.717, 1.165) is 6.07 Å². The molecule has 0 radical (unpaired) electrons. The first-order valence-electron chi connectivity index (χ1n) is 5.94. The lowest BCUT2D eigenvalue weighted by Crippen LogP contribution is -2.09. The van der Waals surface area contributed by atoms with Crippen LogP contribution in [-0.2, 0) is 0 Å². The van der Waals surface area contributed by atoms with Gasteiger partial charge < -0.3 is 10.5 Å². The first kappa shape index (κ1) is 14.0. The summed E-state index contributed by atoms with van der Waals surface area (Å²) in [7, 11) is 0. The number of benzene rings is 2. The van der Waals surface area contributed by atoms with Crippen LogP contribution in [0, 0.1) is 23.0 Å². The lowest BCUT2D eigenvalue weighted by atomic mass is 10.1. The second-order valence-corrected chi connectivity index (χ2v) is 4.30. The van der Waals surface area contributed by atoms with Crippen molar-refractivity contribution in [3.05, 3.63) is 59.2 Å². The monoisotopic (exact) mass is 274 g/mol. The van der Waals surface area contributed by atoms with Crippen LogP contribution in [0.5, 0.6) is 11.5 Å². The second-order valence-electron chi connectivity index (χ2n) is 4.30. The molecule has 0 fully saturated rings. The molecule has 0 unspecified atom stereocenters. The Morgan fingerprint density at radius 2 is 1.95 bits per heavy atom. The van der Waals surface area contributed by atoms with Crippen LogP contribution in [-0.4, -0.2) is 0 Å². The molecule has 0 spiro atoms. The van der Waals surface area contributed by atoms with E-state index in [1.54, 1.807) is 19.1 Å². The van der Waals surface area contributed by atoms with Gasteiger partial charge in [-0.2, -0.15) is 5.26 Å². The van der Waals surface area contributed by atoms with Gasteiger partial charge in [-0.1, -0.05) is 6.07 Å². The van der Waals surface area contributed by atoms with E-state index in [9.17, 15) is 8.78 Å². The van der Waals surface area contributed by atoms with Gasteiger partial charge in [0, 0.05) is 17.7 Å². The quantitative estimate of drug-likeness (QED) is 0.929. The zero-order valence-electron chi connectivity index (χ0n) is 10.7. The minimum absolute atomic E-state index is 0.0796. The van der Waals surface area contributed by atoms with Gasteiger partial charge in [-0.25, -0.2) is 8.78 Å². The number of nitrogens with two attached hydrogens (primary N) is 1. The Morgan fingerprint density at radius 1 is 1.20 bits per heavy atom. The molecule has 1 atom stereocenters. The van der Waals surface area contributed by atoms with Crippen molar-refractivity contribution in [2.45, 2.75) is 13.0 Å². The largest absolute Gasteiger partial charge is 0.457 e. The molecule has 0 bridgehead atoms. The van der Waals surface area contributed by atoms with Crippen LogP contribution in [0.15, 0.2) is 36.4 Å². The average Bonchev–Trinajstić information content (AvgIpc) is 2.38. The zero-order chi connectivity index (χ0) is 14.7. The zero-order valence-corrected chi connectivity index (χ0v) is 10.7. The summed E-state index contributed by atoms with van der Waals surface area (Å²) in [6.45, 7) is 1.63. The molecule has 0 aliphatic heterocycles. The normalized spacial score (nSPS) is 11.8. The molecular formula is C15H12F2N2O. The van der Waals surface area contributed by atoms with E-state index in [4.69, 9.17) is 15.7 Å². The number of nitriles is 1. The molecule has 0 saturated carbocycles. The third kappa shape index (κ3) is 2.76. The van der Waals surface area contributed by atoms with E-state index >= 15 is 0 Å². The van der Waals surface area contributed by atoms with Gasteiger partial charge in [0.05, 0.1) is 5.56 Å². The molecule has 5 heteroatoms. The lowest BCUT2D eigenvalue weighted by Gasteiger charge is -2.14. The van der Waals surface area contributed by atoms with E-state index in [2.05, 4.69) is 0 Å². The van der Waals surface area contributed by atoms with Crippen LogP contribution < -0.4 is 10.5 Å². The first-order chi connectivity index (χ1) is 9.52. The Hall–Kier alpha value is -2.45. The van der Waals surface area contributed by atoms with Crippen molar-refractivity contribution in [1.82, 2.24) is 0 Å². The molecule has 2 N–H and O–H groups in total. The fourth-order valence-corrected chi connectivity index (χ4v) is 1.83. The van der Waals surface area contributed by atoms with Crippen LogP contribution >= 0.6 is 0 Å². The maximum Gasteiger partial charge on any atom is 0.144 e. The van der Waals surface area contributed by atoms with Crippen molar-refractivity contribution < 1.29 is 13.5 Å². The van der Waals surface area contributed by atoms with E-state index in [-0.39, 0.29) is 22.6 Å². The molecule has 0 aromatic heterocycles. The van der Waals surface area contributed by atoms with Gasteiger partial charge >= 0.3 is 0 Å². The molecule has 0 saturated heterocycles. The molecular weight excluding hydrogens is 262 g/mol. The van der Waals surface area contributed by atoms with E-state index < -0.39 is 17.7 Å². The Bertz CT molecular complexity index is 678. The van der Waals surface area contributed by atoms with Crippen LogP contribution in [0.4, 0.5) is 8.78 Å². The SMILES string of the molecule is C[C@@H](N)c1c(F)cccc1Oc1ccc(C#N)c(F)c1. The Kier molecular flexibility index (Phi) is 3.97. The smallest absolute Gasteiger partial charge is 0.144 e. The Labute approximate surface area is 115 Å². The van der Waals surface area contributed by atoms with Crippen molar-refractivity contribution in [2.24, 2.45) is 5.73 Å². The first-order valence-corrected chi connectivity index (χ1v) is 5.94. The topological polar surface area (TPSA) is 59.0 Å². The molecule has 2 aromatic carbocycles. The van der Waals surface area contributed by atoms with Crippen LogP contribution in [0.25, 0.3) is 0 Å². The molecule has 102 valence electrons. The molecule has 3 nitrogen and oxygen atoms in total. The molecule has 20 heavy (non-hydrogen) atoms. The number of ether oxygens (including phenoxy) is 1. The summed E-state index contributed by atoms with van der Waals surface area (Å²) in [5.74, 6) is -0.770. The van der Waals surface area contributed by atoms with Gasteiger partial charge in [0.1, 0.15) is 29.2 Å². The van der Waals surface area contributed by atoms with Crippen molar-refractivity contribution in [3.63, 3.8) is 0 Å². The highest BCUT2D eigenvalue weighted by molar-refractivity contribution is 5.42. The number of hydrogen-bond donors (Lipinski definition) is 1. The van der Waals surface area contributed by atoms with E-state index in [1.807, 2.05) is 0 Å². The standard InChI is InChI=1S/C15H12F2N2O/c1-9(19)15-12(16)3-2-4-14(15)20-11-6-5-10(8-18)13(17)7-11/h2-7,9H,19H2,1H3/t9-/m1/s1. The van der Waals surface area contributed by atoms with Crippen molar-refractivity contribution >= 4 is 0 Å². The summed E-state index contributed by atoms with van der Waals surface area (Å²) >= 11 is 0. The number of rotatable bonds is 3. The summed E-state index contributed by atoms with van der Waals surface area (Å²) in [5, 5.41) is 8.66. The van der Waals surface area contributed by atoms with Crippen LogP contribution in [0.1, 0.15) is 24.1 Å². The van der Waals surface area contributed by atoms with E-state index in [0.29, 0.717) is 0 Å².